The largest absolute Gasteiger partial charge is 0.332 e. The number of amides is 1. The van der Waals surface area contributed by atoms with Crippen LogP contribution < -0.4 is 10.2 Å². The molecule has 2 aliphatic rings. The summed E-state index contributed by atoms with van der Waals surface area (Å²) in [6.45, 7) is 7.40. The molecule has 6 nitrogen and oxygen atoms in total. The first-order chi connectivity index (χ1) is 12.4. The number of hydrogen-bond acceptors (Lipinski definition) is 3. The van der Waals surface area contributed by atoms with Gasteiger partial charge in [-0.15, -0.1) is 0 Å². The highest BCUT2D eigenvalue weighted by molar-refractivity contribution is 7.89. The molecule has 0 aliphatic carbocycles. The van der Waals surface area contributed by atoms with E-state index in [0.29, 0.717) is 29.7 Å². The summed E-state index contributed by atoms with van der Waals surface area (Å²) < 4.78 is 27.4. The standard InChI is InChI=1S/C19H29N3O3S/c1-15-7-11-21(12-8-15)18-9-13-22(14-10-18)26(24,25)19-5-3-17(4-6-19)20-16(2)23/h3-6,15,18H,7-14H2,1-2H3,(H,20,23)/p+1. The van der Waals surface area contributed by atoms with Gasteiger partial charge in [0.1, 0.15) is 0 Å². The van der Waals surface area contributed by atoms with Gasteiger partial charge in [-0.25, -0.2) is 8.42 Å². The van der Waals surface area contributed by atoms with Gasteiger partial charge in [-0.05, 0) is 43.0 Å². The quantitative estimate of drug-likeness (QED) is 0.822. The van der Waals surface area contributed by atoms with E-state index in [4.69, 9.17) is 0 Å². The number of quaternary nitrogens is 1. The van der Waals surface area contributed by atoms with Gasteiger partial charge in [0.15, 0.2) is 0 Å². The molecular formula is C19H30N3O3S+. The lowest BCUT2D eigenvalue weighted by molar-refractivity contribution is -0.932. The van der Waals surface area contributed by atoms with Gasteiger partial charge in [0.25, 0.3) is 0 Å². The minimum absolute atomic E-state index is 0.169. The number of sulfonamides is 1. The topological polar surface area (TPSA) is 70.9 Å². The van der Waals surface area contributed by atoms with Gasteiger partial charge in [0.2, 0.25) is 15.9 Å². The Morgan fingerprint density at radius 3 is 2.19 bits per heavy atom. The molecule has 2 fully saturated rings. The van der Waals surface area contributed by atoms with Crippen molar-refractivity contribution in [3.63, 3.8) is 0 Å². The predicted octanol–water partition coefficient (Wildman–Crippen LogP) is 1.11. The van der Waals surface area contributed by atoms with Gasteiger partial charge in [-0.3, -0.25) is 4.79 Å². The highest BCUT2D eigenvalue weighted by Gasteiger charge is 2.34. The molecule has 0 aromatic heterocycles. The molecule has 0 spiro atoms. The van der Waals surface area contributed by atoms with Crippen molar-refractivity contribution in [3.8, 4) is 0 Å². The summed E-state index contributed by atoms with van der Waals surface area (Å²) in [6.07, 6.45) is 4.45. The zero-order valence-electron chi connectivity index (χ0n) is 15.7. The minimum Gasteiger partial charge on any atom is -0.332 e. The number of hydrogen-bond donors (Lipinski definition) is 2. The Morgan fingerprint density at radius 1 is 1.08 bits per heavy atom. The summed E-state index contributed by atoms with van der Waals surface area (Å²) in [5.74, 6) is 0.664. The molecule has 2 heterocycles. The third kappa shape index (κ3) is 4.45. The molecule has 0 bridgehead atoms. The molecule has 0 radical (unpaired) electrons. The number of benzene rings is 1. The maximum absolute atomic E-state index is 12.9. The number of rotatable bonds is 4. The second kappa shape index (κ2) is 8.06. The number of nitrogens with one attached hydrogen (secondary N) is 2. The summed E-state index contributed by atoms with van der Waals surface area (Å²) in [7, 11) is -3.46. The molecule has 1 aromatic carbocycles. The molecule has 144 valence electrons. The fourth-order valence-corrected chi connectivity index (χ4v) is 5.58. The second-order valence-electron chi connectivity index (χ2n) is 7.72. The van der Waals surface area contributed by atoms with Crippen LogP contribution in [0.3, 0.4) is 0 Å². The van der Waals surface area contributed by atoms with Crippen molar-refractivity contribution in [2.24, 2.45) is 5.92 Å². The van der Waals surface area contributed by atoms with E-state index in [1.165, 1.54) is 32.9 Å². The summed E-state index contributed by atoms with van der Waals surface area (Å²) >= 11 is 0. The Kier molecular flexibility index (Phi) is 5.99. The lowest BCUT2D eigenvalue weighted by atomic mass is 9.95. The zero-order valence-corrected chi connectivity index (χ0v) is 16.5. The SMILES string of the molecule is CC(=O)Nc1ccc(S(=O)(=O)N2CCC([NH+]3CCC(C)CC3)CC2)cc1. The smallest absolute Gasteiger partial charge is 0.243 e. The van der Waals surface area contributed by atoms with Crippen LogP contribution in [0.1, 0.15) is 39.5 Å². The summed E-state index contributed by atoms with van der Waals surface area (Å²) in [4.78, 5) is 13.0. The maximum atomic E-state index is 12.9. The predicted molar refractivity (Wildman–Crippen MR) is 102 cm³/mol. The lowest BCUT2D eigenvalue weighted by Gasteiger charge is -2.38. The first-order valence-electron chi connectivity index (χ1n) is 9.58. The van der Waals surface area contributed by atoms with Gasteiger partial charge in [-0.1, -0.05) is 6.92 Å². The second-order valence-corrected chi connectivity index (χ2v) is 9.66. The Hall–Kier alpha value is -1.44. The first-order valence-corrected chi connectivity index (χ1v) is 11.0. The van der Waals surface area contributed by atoms with Crippen LogP contribution in [-0.4, -0.2) is 50.9 Å². The van der Waals surface area contributed by atoms with Crippen LogP contribution in [0.4, 0.5) is 5.69 Å². The van der Waals surface area contributed by atoms with Crippen LogP contribution in [0, 0.1) is 5.92 Å². The Balaban J connectivity index is 1.60. The molecule has 2 aliphatic heterocycles. The third-order valence-corrected chi connectivity index (χ3v) is 7.67. The van der Waals surface area contributed by atoms with Crippen molar-refractivity contribution in [3.05, 3.63) is 24.3 Å². The van der Waals surface area contributed by atoms with Crippen molar-refractivity contribution >= 4 is 21.6 Å². The average molecular weight is 381 g/mol. The van der Waals surface area contributed by atoms with E-state index in [1.54, 1.807) is 33.5 Å². The fraction of sp³-hybridized carbons (Fsp3) is 0.632. The normalized spacial score (nSPS) is 25.8. The number of anilines is 1. The van der Waals surface area contributed by atoms with Crippen molar-refractivity contribution in [2.75, 3.05) is 31.5 Å². The summed E-state index contributed by atoms with van der Waals surface area (Å²) in [6, 6.07) is 7.02. The molecule has 0 unspecified atom stereocenters. The number of carbonyl (C=O) groups is 1. The average Bonchev–Trinajstić information content (AvgIpc) is 2.62. The van der Waals surface area contributed by atoms with Crippen LogP contribution in [0.2, 0.25) is 0 Å². The monoisotopic (exact) mass is 380 g/mol. The Morgan fingerprint density at radius 2 is 1.65 bits per heavy atom. The zero-order chi connectivity index (χ0) is 18.7. The molecule has 26 heavy (non-hydrogen) atoms. The number of nitrogens with zero attached hydrogens (tertiary/aromatic N) is 1. The van der Waals surface area contributed by atoms with Crippen LogP contribution >= 0.6 is 0 Å². The first kappa shape index (κ1) is 19.3. The molecule has 1 amide bonds. The van der Waals surface area contributed by atoms with E-state index >= 15 is 0 Å². The summed E-state index contributed by atoms with van der Waals surface area (Å²) in [5, 5.41) is 2.66. The van der Waals surface area contributed by atoms with Gasteiger partial charge in [0.05, 0.1) is 24.0 Å². The van der Waals surface area contributed by atoms with Crippen LogP contribution in [0.5, 0.6) is 0 Å². The maximum Gasteiger partial charge on any atom is 0.243 e. The third-order valence-electron chi connectivity index (χ3n) is 5.76. The van der Waals surface area contributed by atoms with E-state index in [1.807, 2.05) is 0 Å². The minimum atomic E-state index is -3.46. The van der Waals surface area contributed by atoms with Gasteiger partial charge in [-0.2, -0.15) is 4.31 Å². The summed E-state index contributed by atoms with van der Waals surface area (Å²) in [5.41, 5.74) is 0.609. The highest BCUT2D eigenvalue weighted by Crippen LogP contribution is 2.22. The van der Waals surface area contributed by atoms with Gasteiger partial charge >= 0.3 is 0 Å². The van der Waals surface area contributed by atoms with E-state index < -0.39 is 10.0 Å². The van der Waals surface area contributed by atoms with Crippen molar-refractivity contribution in [1.82, 2.24) is 4.31 Å². The van der Waals surface area contributed by atoms with E-state index in [-0.39, 0.29) is 5.91 Å². The fourth-order valence-electron chi connectivity index (χ4n) is 4.11. The molecule has 0 saturated carbocycles. The molecular weight excluding hydrogens is 350 g/mol. The molecule has 1 aromatic rings. The van der Waals surface area contributed by atoms with Crippen LogP contribution in [-0.2, 0) is 14.8 Å². The van der Waals surface area contributed by atoms with E-state index in [0.717, 1.165) is 18.8 Å². The van der Waals surface area contributed by atoms with Crippen molar-refractivity contribution < 1.29 is 18.1 Å². The number of piperidine rings is 2. The Labute approximate surface area is 156 Å². The molecule has 0 atom stereocenters. The lowest BCUT2D eigenvalue weighted by Crippen LogP contribution is -3.17. The van der Waals surface area contributed by atoms with Crippen molar-refractivity contribution in [2.45, 2.75) is 50.5 Å². The molecule has 7 heteroatoms. The van der Waals surface area contributed by atoms with Crippen LogP contribution in [0.15, 0.2) is 29.2 Å². The number of likely N-dealkylation sites (tertiary alicyclic amines) is 1. The Bertz CT molecular complexity index is 717. The van der Waals surface area contributed by atoms with E-state index in [9.17, 15) is 13.2 Å². The number of carbonyl (C=O) groups excluding carboxylic acids is 1. The van der Waals surface area contributed by atoms with Gasteiger partial charge < -0.3 is 10.2 Å². The highest BCUT2D eigenvalue weighted by atomic mass is 32.2. The molecule has 3 rings (SSSR count). The van der Waals surface area contributed by atoms with Crippen molar-refractivity contribution in [1.29, 1.82) is 0 Å². The molecule has 2 saturated heterocycles. The van der Waals surface area contributed by atoms with Gasteiger partial charge in [0, 0.05) is 38.5 Å². The van der Waals surface area contributed by atoms with E-state index in [2.05, 4.69) is 12.2 Å². The van der Waals surface area contributed by atoms with Crippen LogP contribution in [0.25, 0.3) is 0 Å². The molecule has 2 N–H and O–H groups in total.